The third-order valence-corrected chi connectivity index (χ3v) is 2.52. The summed E-state index contributed by atoms with van der Waals surface area (Å²) in [4.78, 5) is 2.67. The lowest BCUT2D eigenvalue weighted by atomic mass is 9.95. The van der Waals surface area contributed by atoms with Crippen LogP contribution in [0.3, 0.4) is 0 Å². The molecule has 0 radical (unpaired) electrons. The average molecular weight is 209 g/mol. The van der Waals surface area contributed by atoms with Crippen LogP contribution in [-0.2, 0) is 0 Å². The lowest BCUT2D eigenvalue weighted by Gasteiger charge is -2.19. The van der Waals surface area contributed by atoms with Gasteiger partial charge in [-0.15, -0.1) is 0 Å². The second kappa shape index (κ2) is 9.32. The van der Waals surface area contributed by atoms with Crippen molar-refractivity contribution in [1.82, 2.24) is 5.32 Å². The maximum Gasteiger partial charge on any atom is 0.0981 e. The van der Waals surface area contributed by atoms with Gasteiger partial charge in [-0.05, 0) is 24.4 Å². The molecule has 5 nitrogen and oxygen atoms in total. The summed E-state index contributed by atoms with van der Waals surface area (Å²) in [6.07, 6.45) is 2.80. The SMILES string of the molecule is CCC(CC)C(C#N)NCCCN=[N+]=[N-]. The Morgan fingerprint density at radius 1 is 1.47 bits per heavy atom. The number of nitriles is 1. The minimum atomic E-state index is -0.0777. The highest BCUT2D eigenvalue weighted by molar-refractivity contribution is 4.93. The van der Waals surface area contributed by atoms with E-state index in [-0.39, 0.29) is 6.04 Å². The summed E-state index contributed by atoms with van der Waals surface area (Å²) in [6, 6.07) is 2.20. The molecule has 0 aliphatic heterocycles. The summed E-state index contributed by atoms with van der Waals surface area (Å²) in [5.41, 5.74) is 8.07. The molecule has 15 heavy (non-hydrogen) atoms. The van der Waals surface area contributed by atoms with E-state index in [0.717, 1.165) is 25.8 Å². The summed E-state index contributed by atoms with van der Waals surface area (Å²) in [6.45, 7) is 5.42. The maximum atomic E-state index is 8.97. The van der Waals surface area contributed by atoms with Crippen molar-refractivity contribution in [2.24, 2.45) is 11.0 Å². The van der Waals surface area contributed by atoms with Crippen LogP contribution in [0.5, 0.6) is 0 Å². The van der Waals surface area contributed by atoms with Gasteiger partial charge in [0.05, 0.1) is 12.1 Å². The number of hydrogen-bond acceptors (Lipinski definition) is 3. The summed E-state index contributed by atoms with van der Waals surface area (Å²) in [7, 11) is 0. The van der Waals surface area contributed by atoms with E-state index in [4.69, 9.17) is 10.8 Å². The number of nitrogens with zero attached hydrogens (tertiary/aromatic N) is 4. The van der Waals surface area contributed by atoms with Gasteiger partial charge in [0, 0.05) is 11.5 Å². The van der Waals surface area contributed by atoms with Gasteiger partial charge in [0.25, 0.3) is 0 Å². The topological polar surface area (TPSA) is 84.6 Å². The van der Waals surface area contributed by atoms with Gasteiger partial charge in [-0.3, -0.25) is 0 Å². The molecule has 0 fully saturated rings. The number of azide groups is 1. The standard InChI is InChI=1S/C10H19N5/c1-3-9(4-2)10(8-11)13-6-5-7-14-15-12/h9-10,13H,3-7H2,1-2H3. The van der Waals surface area contributed by atoms with E-state index < -0.39 is 0 Å². The van der Waals surface area contributed by atoms with Crippen molar-refractivity contribution >= 4 is 0 Å². The fourth-order valence-corrected chi connectivity index (χ4v) is 1.53. The Balaban J connectivity index is 3.80. The Morgan fingerprint density at radius 2 is 2.13 bits per heavy atom. The molecule has 5 heteroatoms. The molecule has 0 aliphatic rings. The second-order valence-corrected chi connectivity index (χ2v) is 3.45. The normalized spacial score (nSPS) is 11.9. The molecular weight excluding hydrogens is 190 g/mol. The average Bonchev–Trinajstić information content (AvgIpc) is 2.27. The van der Waals surface area contributed by atoms with Gasteiger partial charge in [0.2, 0.25) is 0 Å². The highest BCUT2D eigenvalue weighted by Crippen LogP contribution is 2.12. The van der Waals surface area contributed by atoms with Crippen molar-refractivity contribution in [3.8, 4) is 6.07 Å². The van der Waals surface area contributed by atoms with E-state index in [1.54, 1.807) is 0 Å². The highest BCUT2D eigenvalue weighted by Gasteiger charge is 2.16. The molecule has 0 spiro atoms. The molecule has 0 aliphatic carbocycles. The van der Waals surface area contributed by atoms with E-state index in [1.165, 1.54) is 0 Å². The van der Waals surface area contributed by atoms with Crippen molar-refractivity contribution < 1.29 is 0 Å². The second-order valence-electron chi connectivity index (χ2n) is 3.45. The van der Waals surface area contributed by atoms with Crippen LogP contribution in [0.2, 0.25) is 0 Å². The van der Waals surface area contributed by atoms with E-state index in [9.17, 15) is 0 Å². The predicted molar refractivity (Wildman–Crippen MR) is 60.1 cm³/mol. The molecule has 1 N–H and O–H groups in total. The zero-order chi connectivity index (χ0) is 11.5. The fourth-order valence-electron chi connectivity index (χ4n) is 1.53. The van der Waals surface area contributed by atoms with Crippen LogP contribution in [0, 0.1) is 17.2 Å². The van der Waals surface area contributed by atoms with Crippen molar-refractivity contribution in [2.45, 2.75) is 39.2 Å². The summed E-state index contributed by atoms with van der Waals surface area (Å²) >= 11 is 0. The van der Waals surface area contributed by atoms with Crippen LogP contribution in [0.15, 0.2) is 5.11 Å². The van der Waals surface area contributed by atoms with Crippen molar-refractivity contribution in [2.75, 3.05) is 13.1 Å². The zero-order valence-corrected chi connectivity index (χ0v) is 9.48. The van der Waals surface area contributed by atoms with Gasteiger partial charge in [0.15, 0.2) is 0 Å². The van der Waals surface area contributed by atoms with Gasteiger partial charge >= 0.3 is 0 Å². The first-order valence-electron chi connectivity index (χ1n) is 5.43. The molecule has 1 unspecified atom stereocenters. The van der Waals surface area contributed by atoms with Gasteiger partial charge in [-0.2, -0.15) is 5.26 Å². The molecule has 0 amide bonds. The molecule has 0 heterocycles. The van der Waals surface area contributed by atoms with E-state index in [0.29, 0.717) is 12.5 Å². The summed E-state index contributed by atoms with van der Waals surface area (Å²) in [5, 5.41) is 15.6. The fraction of sp³-hybridized carbons (Fsp3) is 0.900. The van der Waals surface area contributed by atoms with Gasteiger partial charge < -0.3 is 5.32 Å². The highest BCUT2D eigenvalue weighted by atomic mass is 15.1. The Kier molecular flexibility index (Phi) is 8.55. The van der Waals surface area contributed by atoms with Crippen molar-refractivity contribution in [3.63, 3.8) is 0 Å². The Morgan fingerprint density at radius 3 is 2.60 bits per heavy atom. The quantitative estimate of drug-likeness (QED) is 0.288. The zero-order valence-electron chi connectivity index (χ0n) is 9.48. The lowest BCUT2D eigenvalue weighted by Crippen LogP contribution is -2.35. The minimum Gasteiger partial charge on any atom is -0.302 e. The Bertz CT molecular complexity index is 235. The molecule has 0 aromatic heterocycles. The Hall–Kier alpha value is -1.24. The summed E-state index contributed by atoms with van der Waals surface area (Å²) < 4.78 is 0. The van der Waals surface area contributed by atoms with Crippen LogP contribution < -0.4 is 5.32 Å². The van der Waals surface area contributed by atoms with Crippen LogP contribution in [-0.4, -0.2) is 19.1 Å². The third-order valence-electron chi connectivity index (χ3n) is 2.52. The van der Waals surface area contributed by atoms with Crippen LogP contribution in [0.25, 0.3) is 10.4 Å². The number of rotatable bonds is 8. The first-order valence-corrected chi connectivity index (χ1v) is 5.43. The number of hydrogen-bond donors (Lipinski definition) is 1. The molecule has 84 valence electrons. The van der Waals surface area contributed by atoms with Crippen LogP contribution in [0.4, 0.5) is 0 Å². The van der Waals surface area contributed by atoms with Crippen LogP contribution >= 0.6 is 0 Å². The van der Waals surface area contributed by atoms with Gasteiger partial charge in [0.1, 0.15) is 0 Å². The van der Waals surface area contributed by atoms with Crippen molar-refractivity contribution in [1.29, 1.82) is 5.26 Å². The van der Waals surface area contributed by atoms with E-state index in [2.05, 4.69) is 35.3 Å². The Labute approximate surface area is 91.1 Å². The first-order chi connectivity index (χ1) is 7.29. The summed E-state index contributed by atoms with van der Waals surface area (Å²) in [5.74, 6) is 0.412. The lowest BCUT2D eigenvalue weighted by molar-refractivity contribution is 0.389. The molecule has 1 atom stereocenters. The van der Waals surface area contributed by atoms with Gasteiger partial charge in [-0.25, -0.2) is 0 Å². The predicted octanol–water partition coefficient (Wildman–Crippen LogP) is 2.60. The largest absolute Gasteiger partial charge is 0.302 e. The molecular formula is C10H19N5. The third kappa shape index (κ3) is 5.95. The monoisotopic (exact) mass is 209 g/mol. The molecule has 0 saturated carbocycles. The first kappa shape index (κ1) is 13.8. The maximum absolute atomic E-state index is 8.97. The van der Waals surface area contributed by atoms with Crippen molar-refractivity contribution in [3.05, 3.63) is 10.4 Å². The smallest absolute Gasteiger partial charge is 0.0981 e. The van der Waals surface area contributed by atoms with Crippen LogP contribution in [0.1, 0.15) is 33.1 Å². The molecule has 0 bridgehead atoms. The minimum absolute atomic E-state index is 0.0777. The van der Waals surface area contributed by atoms with E-state index >= 15 is 0 Å². The van der Waals surface area contributed by atoms with E-state index in [1.807, 2.05) is 0 Å². The molecule has 0 rings (SSSR count). The molecule has 0 saturated heterocycles. The number of nitrogens with one attached hydrogen (secondary N) is 1. The molecule has 0 aromatic carbocycles. The molecule has 0 aromatic rings. The van der Waals surface area contributed by atoms with Gasteiger partial charge in [-0.1, -0.05) is 31.8 Å².